The van der Waals surface area contributed by atoms with Gasteiger partial charge in [0.2, 0.25) is 5.91 Å². The highest BCUT2D eigenvalue weighted by Crippen LogP contribution is 2.36. The van der Waals surface area contributed by atoms with E-state index in [2.05, 4.69) is 19.2 Å². The second kappa shape index (κ2) is 5.96. The van der Waals surface area contributed by atoms with E-state index in [1.165, 1.54) is 12.8 Å². The molecule has 0 saturated heterocycles. The van der Waals surface area contributed by atoms with Gasteiger partial charge in [-0.3, -0.25) is 4.79 Å². The topological polar surface area (TPSA) is 29.1 Å². The van der Waals surface area contributed by atoms with Crippen LogP contribution in [-0.2, 0) is 4.79 Å². The Hall–Kier alpha value is -1.02. The van der Waals surface area contributed by atoms with Gasteiger partial charge in [-0.1, -0.05) is 57.0 Å². The van der Waals surface area contributed by atoms with Crippen molar-refractivity contribution in [2.45, 2.75) is 50.9 Å². The van der Waals surface area contributed by atoms with Crippen LogP contribution in [0.1, 0.15) is 50.5 Å². The first-order chi connectivity index (χ1) is 9.00. The summed E-state index contributed by atoms with van der Waals surface area (Å²) in [5.41, 5.74) is 1.02. The summed E-state index contributed by atoms with van der Waals surface area (Å²) in [4.78, 5) is 12.3. The standard InChI is InChI=1S/C16H22ClNO/c1-16(2)11-7-6-10-13(16)18-15(19)14(17)12-8-4-3-5-9-12/h3-5,8-9,13-14H,6-7,10-11H2,1-2H3,(H,18,19). The summed E-state index contributed by atoms with van der Waals surface area (Å²) >= 11 is 6.26. The average Bonchev–Trinajstić information content (AvgIpc) is 2.41. The van der Waals surface area contributed by atoms with Crippen molar-refractivity contribution in [3.63, 3.8) is 0 Å². The lowest BCUT2D eigenvalue weighted by Gasteiger charge is -2.39. The van der Waals surface area contributed by atoms with Crippen molar-refractivity contribution < 1.29 is 4.79 Å². The smallest absolute Gasteiger partial charge is 0.242 e. The van der Waals surface area contributed by atoms with Gasteiger partial charge in [0.05, 0.1) is 0 Å². The molecular formula is C16H22ClNO. The Kier molecular flexibility index (Phi) is 4.51. The van der Waals surface area contributed by atoms with Crippen LogP contribution in [0.2, 0.25) is 0 Å². The Morgan fingerprint density at radius 1 is 1.32 bits per heavy atom. The van der Waals surface area contributed by atoms with Crippen LogP contribution in [0.3, 0.4) is 0 Å². The molecule has 0 aromatic heterocycles. The minimum atomic E-state index is -0.598. The van der Waals surface area contributed by atoms with Gasteiger partial charge in [-0.2, -0.15) is 0 Å². The number of carbonyl (C=O) groups excluding carboxylic acids is 1. The Labute approximate surface area is 120 Å². The van der Waals surface area contributed by atoms with E-state index in [4.69, 9.17) is 11.6 Å². The zero-order chi connectivity index (χ0) is 13.9. The van der Waals surface area contributed by atoms with Gasteiger partial charge in [0.15, 0.2) is 0 Å². The minimum Gasteiger partial charge on any atom is -0.351 e. The van der Waals surface area contributed by atoms with E-state index >= 15 is 0 Å². The monoisotopic (exact) mass is 279 g/mol. The van der Waals surface area contributed by atoms with Gasteiger partial charge in [-0.05, 0) is 23.8 Å². The molecule has 1 aromatic carbocycles. The van der Waals surface area contributed by atoms with Crippen LogP contribution in [0, 0.1) is 5.41 Å². The lowest BCUT2D eigenvalue weighted by atomic mass is 9.73. The third-order valence-electron chi connectivity index (χ3n) is 4.15. The van der Waals surface area contributed by atoms with Gasteiger partial charge in [-0.25, -0.2) is 0 Å². The van der Waals surface area contributed by atoms with Crippen molar-refractivity contribution in [2.24, 2.45) is 5.41 Å². The van der Waals surface area contributed by atoms with Gasteiger partial charge in [0.1, 0.15) is 5.38 Å². The molecule has 1 aromatic rings. The lowest BCUT2D eigenvalue weighted by Crippen LogP contribution is -2.47. The van der Waals surface area contributed by atoms with Crippen molar-refractivity contribution >= 4 is 17.5 Å². The molecule has 2 nitrogen and oxygen atoms in total. The maximum atomic E-state index is 12.3. The lowest BCUT2D eigenvalue weighted by molar-refractivity contribution is -0.122. The molecule has 0 heterocycles. The quantitative estimate of drug-likeness (QED) is 0.831. The number of benzene rings is 1. The number of carbonyl (C=O) groups is 1. The molecule has 0 spiro atoms. The van der Waals surface area contributed by atoms with Crippen molar-refractivity contribution in [1.29, 1.82) is 0 Å². The second-order valence-electron chi connectivity index (χ2n) is 6.07. The maximum absolute atomic E-state index is 12.3. The van der Waals surface area contributed by atoms with Crippen LogP contribution >= 0.6 is 11.6 Å². The van der Waals surface area contributed by atoms with Crippen molar-refractivity contribution in [3.8, 4) is 0 Å². The maximum Gasteiger partial charge on any atom is 0.242 e. The van der Waals surface area contributed by atoms with Crippen LogP contribution in [-0.4, -0.2) is 11.9 Å². The van der Waals surface area contributed by atoms with Crippen LogP contribution in [0.4, 0.5) is 0 Å². The third kappa shape index (κ3) is 3.50. The zero-order valence-electron chi connectivity index (χ0n) is 11.7. The molecule has 3 heteroatoms. The van der Waals surface area contributed by atoms with E-state index in [0.717, 1.165) is 18.4 Å². The van der Waals surface area contributed by atoms with Crippen molar-refractivity contribution in [3.05, 3.63) is 35.9 Å². The molecule has 1 aliphatic rings. The van der Waals surface area contributed by atoms with E-state index < -0.39 is 5.38 Å². The van der Waals surface area contributed by atoms with Gasteiger partial charge in [0.25, 0.3) is 0 Å². The number of amides is 1. The molecule has 104 valence electrons. The summed E-state index contributed by atoms with van der Waals surface area (Å²) in [7, 11) is 0. The summed E-state index contributed by atoms with van der Waals surface area (Å²) in [6, 6.07) is 9.76. The van der Waals surface area contributed by atoms with Crippen molar-refractivity contribution in [1.82, 2.24) is 5.32 Å². The first-order valence-corrected chi connectivity index (χ1v) is 7.44. The van der Waals surface area contributed by atoms with Gasteiger partial charge >= 0.3 is 0 Å². The van der Waals surface area contributed by atoms with E-state index in [-0.39, 0.29) is 17.4 Å². The molecule has 2 rings (SSSR count). The summed E-state index contributed by atoms with van der Waals surface area (Å²) < 4.78 is 0. The molecule has 1 aliphatic carbocycles. The number of halogens is 1. The van der Waals surface area contributed by atoms with Crippen molar-refractivity contribution in [2.75, 3.05) is 0 Å². The Morgan fingerprint density at radius 3 is 2.63 bits per heavy atom. The first-order valence-electron chi connectivity index (χ1n) is 7.00. The zero-order valence-corrected chi connectivity index (χ0v) is 12.4. The molecule has 1 fully saturated rings. The molecule has 19 heavy (non-hydrogen) atoms. The highest BCUT2D eigenvalue weighted by atomic mass is 35.5. The largest absolute Gasteiger partial charge is 0.351 e. The van der Waals surface area contributed by atoms with E-state index in [1.807, 2.05) is 30.3 Å². The fourth-order valence-electron chi connectivity index (χ4n) is 2.78. The van der Waals surface area contributed by atoms with Gasteiger partial charge in [-0.15, -0.1) is 11.6 Å². The fraction of sp³-hybridized carbons (Fsp3) is 0.562. The molecule has 1 amide bonds. The third-order valence-corrected chi connectivity index (χ3v) is 4.60. The highest BCUT2D eigenvalue weighted by molar-refractivity contribution is 6.30. The summed E-state index contributed by atoms with van der Waals surface area (Å²) in [6.07, 6.45) is 4.66. The summed E-state index contributed by atoms with van der Waals surface area (Å²) in [5, 5.41) is 2.54. The predicted octanol–water partition coefficient (Wildman–Crippen LogP) is 4.05. The number of hydrogen-bond acceptors (Lipinski definition) is 1. The van der Waals surface area contributed by atoms with Crippen LogP contribution in [0.25, 0.3) is 0 Å². The normalized spacial score (nSPS) is 23.6. The number of rotatable bonds is 3. The second-order valence-corrected chi connectivity index (χ2v) is 6.51. The Bertz CT molecular complexity index is 430. The van der Waals surface area contributed by atoms with E-state index in [0.29, 0.717) is 0 Å². The number of alkyl halides is 1. The SMILES string of the molecule is CC1(C)CCCCC1NC(=O)C(Cl)c1ccccc1. The molecule has 0 radical (unpaired) electrons. The van der Waals surface area contributed by atoms with Crippen LogP contribution < -0.4 is 5.32 Å². The van der Waals surface area contributed by atoms with Crippen LogP contribution in [0.15, 0.2) is 30.3 Å². The molecule has 1 N–H and O–H groups in total. The van der Waals surface area contributed by atoms with E-state index in [1.54, 1.807) is 0 Å². The molecule has 2 atom stereocenters. The van der Waals surface area contributed by atoms with E-state index in [9.17, 15) is 4.79 Å². The highest BCUT2D eigenvalue weighted by Gasteiger charge is 2.34. The Morgan fingerprint density at radius 2 is 2.00 bits per heavy atom. The molecular weight excluding hydrogens is 258 g/mol. The molecule has 2 unspecified atom stereocenters. The minimum absolute atomic E-state index is 0.0761. The summed E-state index contributed by atoms with van der Waals surface area (Å²) in [6.45, 7) is 4.45. The first kappa shape index (κ1) is 14.4. The Balaban J connectivity index is 2.01. The number of hydrogen-bond donors (Lipinski definition) is 1. The fourth-order valence-corrected chi connectivity index (χ4v) is 2.99. The number of nitrogens with one attached hydrogen (secondary N) is 1. The van der Waals surface area contributed by atoms with Gasteiger partial charge in [0, 0.05) is 6.04 Å². The van der Waals surface area contributed by atoms with Gasteiger partial charge < -0.3 is 5.32 Å². The predicted molar refractivity (Wildman–Crippen MR) is 79.2 cm³/mol. The van der Waals surface area contributed by atoms with Crippen LogP contribution in [0.5, 0.6) is 0 Å². The molecule has 0 bridgehead atoms. The molecule has 1 saturated carbocycles. The average molecular weight is 280 g/mol. The molecule has 0 aliphatic heterocycles. The summed E-state index contributed by atoms with van der Waals surface area (Å²) in [5.74, 6) is -0.0761.